The van der Waals surface area contributed by atoms with Crippen LogP contribution in [0.4, 0.5) is 19.0 Å². The molecule has 0 atom stereocenters. The van der Waals surface area contributed by atoms with E-state index in [0.717, 1.165) is 32.5 Å². The maximum Gasteiger partial charge on any atom is 0.396 e. The maximum atomic E-state index is 12.6. The van der Waals surface area contributed by atoms with Crippen LogP contribution in [0.15, 0.2) is 18.0 Å². The van der Waals surface area contributed by atoms with Crippen LogP contribution < -0.4 is 5.32 Å². The van der Waals surface area contributed by atoms with Crippen LogP contribution >= 0.6 is 0 Å². The van der Waals surface area contributed by atoms with E-state index >= 15 is 0 Å². The molecule has 0 bridgehead atoms. The molecule has 1 saturated heterocycles. The van der Waals surface area contributed by atoms with Gasteiger partial charge in [0, 0.05) is 25.7 Å². The first-order valence-electron chi connectivity index (χ1n) is 8.71. The summed E-state index contributed by atoms with van der Waals surface area (Å²) in [5.74, 6) is 0.367. The summed E-state index contributed by atoms with van der Waals surface area (Å²) in [7, 11) is 0. The van der Waals surface area contributed by atoms with Crippen molar-refractivity contribution in [3.63, 3.8) is 0 Å². The Morgan fingerprint density at radius 2 is 2.08 bits per heavy atom. The SMILES string of the molecule is C/C=C(\C)CN1CCC(Nc2ncnc3nc(CC(F)(F)F)[nH]c23)CC1. The molecule has 2 N–H and O–H groups in total. The molecule has 1 aliphatic heterocycles. The minimum absolute atomic E-state index is 0.146. The molecule has 1 fully saturated rings. The second kappa shape index (κ2) is 7.61. The number of hydrogen-bond acceptors (Lipinski definition) is 5. The van der Waals surface area contributed by atoms with Gasteiger partial charge in [-0.2, -0.15) is 13.2 Å². The van der Waals surface area contributed by atoms with Gasteiger partial charge in [0.2, 0.25) is 0 Å². The Morgan fingerprint density at radius 3 is 2.73 bits per heavy atom. The number of nitrogens with zero attached hydrogens (tertiary/aromatic N) is 4. The minimum Gasteiger partial charge on any atom is -0.365 e. The van der Waals surface area contributed by atoms with Crippen LogP contribution in [0, 0.1) is 0 Å². The molecule has 0 saturated carbocycles. The quantitative estimate of drug-likeness (QED) is 0.793. The molecule has 3 rings (SSSR count). The number of aromatic nitrogens is 4. The third kappa shape index (κ3) is 4.72. The van der Waals surface area contributed by atoms with Crippen molar-refractivity contribution in [1.29, 1.82) is 0 Å². The molecule has 3 heterocycles. The van der Waals surface area contributed by atoms with Crippen LogP contribution in [0.2, 0.25) is 0 Å². The fourth-order valence-corrected chi connectivity index (χ4v) is 3.13. The lowest BCUT2D eigenvalue weighted by Gasteiger charge is -2.32. The summed E-state index contributed by atoms with van der Waals surface area (Å²) in [6.45, 7) is 7.08. The molecule has 0 aromatic carbocycles. The molecule has 0 unspecified atom stereocenters. The normalized spacial score (nSPS) is 17.8. The van der Waals surface area contributed by atoms with Crippen molar-refractivity contribution in [3.8, 4) is 0 Å². The molecule has 0 aliphatic carbocycles. The van der Waals surface area contributed by atoms with E-state index < -0.39 is 12.6 Å². The van der Waals surface area contributed by atoms with Gasteiger partial charge in [0.1, 0.15) is 24.1 Å². The van der Waals surface area contributed by atoms with Gasteiger partial charge in [-0.1, -0.05) is 11.6 Å². The Labute approximate surface area is 149 Å². The summed E-state index contributed by atoms with van der Waals surface area (Å²) in [4.78, 5) is 17.2. The summed E-state index contributed by atoms with van der Waals surface area (Å²) >= 11 is 0. The highest BCUT2D eigenvalue weighted by Crippen LogP contribution is 2.24. The summed E-state index contributed by atoms with van der Waals surface area (Å²) in [5.41, 5.74) is 2.03. The van der Waals surface area contributed by atoms with Crippen LogP contribution in [0.1, 0.15) is 32.5 Å². The van der Waals surface area contributed by atoms with Gasteiger partial charge >= 0.3 is 6.18 Å². The van der Waals surface area contributed by atoms with Crippen LogP contribution in [0.3, 0.4) is 0 Å². The van der Waals surface area contributed by atoms with E-state index in [0.29, 0.717) is 11.3 Å². The van der Waals surface area contributed by atoms with E-state index in [2.05, 4.69) is 43.2 Å². The van der Waals surface area contributed by atoms with Gasteiger partial charge in [0.15, 0.2) is 11.5 Å². The number of imidazole rings is 1. The van der Waals surface area contributed by atoms with Crippen LogP contribution in [-0.4, -0.2) is 56.7 Å². The van der Waals surface area contributed by atoms with E-state index in [1.807, 2.05) is 6.92 Å². The molecule has 6 nitrogen and oxygen atoms in total. The lowest BCUT2D eigenvalue weighted by atomic mass is 10.0. The highest BCUT2D eigenvalue weighted by molar-refractivity contribution is 5.82. The predicted molar refractivity (Wildman–Crippen MR) is 94.0 cm³/mol. The highest BCUT2D eigenvalue weighted by atomic mass is 19.4. The number of aromatic amines is 1. The maximum absolute atomic E-state index is 12.6. The zero-order valence-electron chi connectivity index (χ0n) is 14.9. The van der Waals surface area contributed by atoms with Gasteiger partial charge in [0.05, 0.1) is 0 Å². The highest BCUT2D eigenvalue weighted by Gasteiger charge is 2.30. The molecular weight excluding hydrogens is 345 g/mol. The van der Waals surface area contributed by atoms with Crippen molar-refractivity contribution < 1.29 is 13.2 Å². The topological polar surface area (TPSA) is 69.7 Å². The number of alkyl halides is 3. The molecule has 0 amide bonds. The van der Waals surface area contributed by atoms with Gasteiger partial charge in [0.25, 0.3) is 0 Å². The lowest BCUT2D eigenvalue weighted by molar-refractivity contribution is -0.128. The van der Waals surface area contributed by atoms with Crippen LogP contribution in [-0.2, 0) is 6.42 Å². The van der Waals surface area contributed by atoms with E-state index in [1.54, 1.807) is 0 Å². The Balaban J connectivity index is 1.66. The second-order valence-corrected chi connectivity index (χ2v) is 6.73. The fraction of sp³-hybridized carbons (Fsp3) is 0.588. The van der Waals surface area contributed by atoms with Crippen molar-refractivity contribution in [2.45, 2.75) is 45.3 Å². The first-order valence-corrected chi connectivity index (χ1v) is 8.71. The standard InChI is InChI=1S/C17H23F3N6/c1-3-11(2)9-26-6-4-12(5-7-26)23-15-14-16(22-10-21-15)25-13(24-14)8-17(18,19)20/h3,10,12H,4-9H2,1-2H3,(H2,21,22,23,24,25)/b11-3+. The number of likely N-dealkylation sites (tertiary alicyclic amines) is 1. The summed E-state index contributed by atoms with van der Waals surface area (Å²) in [6, 6.07) is 0.227. The first kappa shape index (κ1) is 18.6. The molecule has 0 spiro atoms. The average Bonchev–Trinajstić information content (AvgIpc) is 2.98. The zero-order chi connectivity index (χ0) is 18.7. The monoisotopic (exact) mass is 368 g/mol. The Morgan fingerprint density at radius 1 is 1.35 bits per heavy atom. The number of piperidine rings is 1. The van der Waals surface area contributed by atoms with Crippen molar-refractivity contribution in [3.05, 3.63) is 23.8 Å². The molecule has 2 aromatic rings. The molecule has 0 radical (unpaired) electrons. The molecule has 1 aliphatic rings. The second-order valence-electron chi connectivity index (χ2n) is 6.73. The van der Waals surface area contributed by atoms with Gasteiger partial charge in [-0.3, -0.25) is 4.90 Å². The molecule has 2 aromatic heterocycles. The van der Waals surface area contributed by atoms with Gasteiger partial charge in [-0.25, -0.2) is 15.0 Å². The number of nitrogens with one attached hydrogen (secondary N) is 2. The van der Waals surface area contributed by atoms with Crippen LogP contribution in [0.5, 0.6) is 0 Å². The number of allylic oxidation sites excluding steroid dienone is 1. The molecule has 9 heteroatoms. The number of hydrogen-bond donors (Lipinski definition) is 2. The number of halogens is 3. The predicted octanol–water partition coefficient (Wildman–Crippen LogP) is 3.30. The van der Waals surface area contributed by atoms with Gasteiger partial charge < -0.3 is 10.3 Å². The lowest BCUT2D eigenvalue weighted by Crippen LogP contribution is -2.39. The third-order valence-corrected chi connectivity index (χ3v) is 4.60. The average molecular weight is 368 g/mol. The Hall–Kier alpha value is -2.16. The van der Waals surface area contributed by atoms with Gasteiger partial charge in [-0.05, 0) is 26.7 Å². The van der Waals surface area contributed by atoms with E-state index in [1.165, 1.54) is 11.9 Å². The van der Waals surface area contributed by atoms with E-state index in [-0.39, 0.29) is 17.5 Å². The van der Waals surface area contributed by atoms with E-state index in [9.17, 15) is 13.2 Å². The number of fused-ring (bicyclic) bond motifs is 1. The summed E-state index contributed by atoms with van der Waals surface area (Å²) < 4.78 is 37.7. The smallest absolute Gasteiger partial charge is 0.365 e. The Kier molecular flexibility index (Phi) is 5.45. The number of rotatable bonds is 5. The van der Waals surface area contributed by atoms with Crippen molar-refractivity contribution in [2.24, 2.45) is 0 Å². The Bertz CT molecular complexity index is 774. The number of H-pyrrole nitrogens is 1. The first-order chi connectivity index (χ1) is 12.3. The van der Waals surface area contributed by atoms with Crippen molar-refractivity contribution in [1.82, 2.24) is 24.8 Å². The van der Waals surface area contributed by atoms with Crippen molar-refractivity contribution in [2.75, 3.05) is 25.0 Å². The molecular formula is C17H23F3N6. The fourth-order valence-electron chi connectivity index (χ4n) is 3.13. The zero-order valence-corrected chi connectivity index (χ0v) is 14.9. The summed E-state index contributed by atoms with van der Waals surface area (Å²) in [5, 5.41) is 3.34. The summed E-state index contributed by atoms with van der Waals surface area (Å²) in [6.07, 6.45) is -0.0670. The van der Waals surface area contributed by atoms with Crippen LogP contribution in [0.25, 0.3) is 11.2 Å². The number of anilines is 1. The molecule has 26 heavy (non-hydrogen) atoms. The van der Waals surface area contributed by atoms with Gasteiger partial charge in [-0.15, -0.1) is 0 Å². The van der Waals surface area contributed by atoms with E-state index in [4.69, 9.17) is 0 Å². The minimum atomic E-state index is -4.31. The molecule has 142 valence electrons. The third-order valence-electron chi connectivity index (χ3n) is 4.60. The van der Waals surface area contributed by atoms with Crippen molar-refractivity contribution >= 4 is 17.0 Å². The largest absolute Gasteiger partial charge is 0.396 e.